The Morgan fingerprint density at radius 1 is 1.40 bits per heavy atom. The molecule has 1 aliphatic rings. The van der Waals surface area contributed by atoms with E-state index < -0.39 is 11.6 Å². The van der Waals surface area contributed by atoms with Crippen molar-refractivity contribution in [2.75, 3.05) is 13.1 Å². The molecule has 0 saturated carbocycles. The normalized spacial score (nSPS) is 21.1. The Bertz CT molecular complexity index is 217. The molecular weight excluding hydrogens is 192 g/mol. The molecule has 0 aliphatic carbocycles. The van der Waals surface area contributed by atoms with Crippen molar-refractivity contribution < 1.29 is 9.53 Å². The van der Waals surface area contributed by atoms with Crippen LogP contribution in [-0.2, 0) is 9.53 Å². The molecule has 0 aromatic rings. The number of hydrogen-bond acceptors (Lipinski definition) is 4. The zero-order chi connectivity index (χ0) is 11.5. The minimum Gasteiger partial charge on any atom is -0.459 e. The first-order chi connectivity index (χ1) is 6.90. The third kappa shape index (κ3) is 4.18. The van der Waals surface area contributed by atoms with Crippen LogP contribution in [0.15, 0.2) is 0 Å². The maximum Gasteiger partial charge on any atom is 0.323 e. The lowest BCUT2D eigenvalue weighted by Crippen LogP contribution is -2.46. The van der Waals surface area contributed by atoms with E-state index in [2.05, 4.69) is 5.32 Å². The first-order valence-corrected chi connectivity index (χ1v) is 5.59. The molecule has 1 fully saturated rings. The van der Waals surface area contributed by atoms with Crippen molar-refractivity contribution >= 4 is 5.97 Å². The zero-order valence-electron chi connectivity index (χ0n) is 9.88. The lowest BCUT2D eigenvalue weighted by Gasteiger charge is -2.29. The van der Waals surface area contributed by atoms with Crippen LogP contribution >= 0.6 is 0 Å². The highest BCUT2D eigenvalue weighted by molar-refractivity contribution is 5.76. The van der Waals surface area contributed by atoms with Crippen molar-refractivity contribution in [3.8, 4) is 0 Å². The highest BCUT2D eigenvalue weighted by Gasteiger charge is 2.29. The van der Waals surface area contributed by atoms with Gasteiger partial charge in [0.25, 0.3) is 0 Å². The van der Waals surface area contributed by atoms with Crippen LogP contribution in [0.2, 0.25) is 0 Å². The van der Waals surface area contributed by atoms with Gasteiger partial charge >= 0.3 is 5.97 Å². The first-order valence-electron chi connectivity index (χ1n) is 5.59. The standard InChI is InChI=1S/C11H22N2O2/c1-11(2,3)15-10(14)9(12)8-4-6-13-7-5-8/h8-9,13H,4-7,12H2,1-3H3. The summed E-state index contributed by atoms with van der Waals surface area (Å²) in [7, 11) is 0. The highest BCUT2D eigenvalue weighted by Crippen LogP contribution is 2.18. The fourth-order valence-electron chi connectivity index (χ4n) is 1.77. The Balaban J connectivity index is 2.44. The number of carbonyl (C=O) groups excluding carboxylic acids is 1. The van der Waals surface area contributed by atoms with Crippen LogP contribution in [0.3, 0.4) is 0 Å². The average molecular weight is 214 g/mol. The van der Waals surface area contributed by atoms with E-state index in [4.69, 9.17) is 10.5 Å². The summed E-state index contributed by atoms with van der Waals surface area (Å²) in [5.41, 5.74) is 5.45. The molecule has 88 valence electrons. The summed E-state index contributed by atoms with van der Waals surface area (Å²) in [6.07, 6.45) is 1.92. The van der Waals surface area contributed by atoms with Gasteiger partial charge in [-0.15, -0.1) is 0 Å². The number of nitrogens with two attached hydrogens (primary N) is 1. The monoisotopic (exact) mass is 214 g/mol. The van der Waals surface area contributed by atoms with E-state index in [1.54, 1.807) is 0 Å². The summed E-state index contributed by atoms with van der Waals surface area (Å²) in [6, 6.07) is -0.466. The van der Waals surface area contributed by atoms with Crippen molar-refractivity contribution in [2.45, 2.75) is 45.3 Å². The smallest absolute Gasteiger partial charge is 0.323 e. The molecule has 3 N–H and O–H groups in total. The number of ether oxygens (including phenoxy) is 1. The van der Waals surface area contributed by atoms with Crippen molar-refractivity contribution in [3.63, 3.8) is 0 Å². The van der Waals surface area contributed by atoms with Crippen LogP contribution < -0.4 is 11.1 Å². The number of rotatable bonds is 2. The summed E-state index contributed by atoms with van der Waals surface area (Å²) in [6.45, 7) is 7.47. The molecule has 1 heterocycles. The van der Waals surface area contributed by atoms with Crippen LogP contribution in [0, 0.1) is 5.92 Å². The van der Waals surface area contributed by atoms with Gasteiger partial charge in [0, 0.05) is 0 Å². The second-order valence-corrected chi connectivity index (χ2v) is 5.15. The Morgan fingerprint density at radius 3 is 2.40 bits per heavy atom. The first kappa shape index (κ1) is 12.5. The number of esters is 1. The molecule has 0 amide bonds. The van der Waals surface area contributed by atoms with E-state index in [9.17, 15) is 4.79 Å². The summed E-state index contributed by atoms with van der Waals surface area (Å²) in [5, 5.41) is 3.25. The van der Waals surface area contributed by atoms with Crippen molar-refractivity contribution in [2.24, 2.45) is 11.7 Å². The van der Waals surface area contributed by atoms with Gasteiger partial charge in [0.1, 0.15) is 11.6 Å². The van der Waals surface area contributed by atoms with Crippen LogP contribution in [0.4, 0.5) is 0 Å². The molecule has 1 atom stereocenters. The maximum absolute atomic E-state index is 11.7. The molecular formula is C11H22N2O2. The van der Waals surface area contributed by atoms with E-state index in [0.717, 1.165) is 25.9 Å². The van der Waals surface area contributed by atoms with Crippen LogP contribution in [0.5, 0.6) is 0 Å². The second-order valence-electron chi connectivity index (χ2n) is 5.15. The molecule has 0 aromatic carbocycles. The molecule has 0 bridgehead atoms. The summed E-state index contributed by atoms with van der Waals surface area (Å²) >= 11 is 0. The second kappa shape index (κ2) is 4.94. The predicted octanol–water partition coefficient (Wildman–Crippen LogP) is 0.655. The Labute approximate surface area is 91.5 Å². The predicted molar refractivity (Wildman–Crippen MR) is 59.4 cm³/mol. The molecule has 1 aliphatic heterocycles. The number of hydrogen-bond donors (Lipinski definition) is 2. The van der Waals surface area contributed by atoms with Gasteiger partial charge in [-0.05, 0) is 52.6 Å². The topological polar surface area (TPSA) is 64.3 Å². The van der Waals surface area contributed by atoms with Gasteiger partial charge in [0.15, 0.2) is 0 Å². The lowest BCUT2D eigenvalue weighted by molar-refractivity contribution is -0.158. The molecule has 0 aromatic heterocycles. The number of piperidine rings is 1. The third-order valence-corrected chi connectivity index (χ3v) is 2.57. The van der Waals surface area contributed by atoms with E-state index >= 15 is 0 Å². The molecule has 0 radical (unpaired) electrons. The van der Waals surface area contributed by atoms with Crippen LogP contribution in [0.25, 0.3) is 0 Å². The van der Waals surface area contributed by atoms with E-state index in [-0.39, 0.29) is 11.9 Å². The van der Waals surface area contributed by atoms with Gasteiger partial charge in [-0.3, -0.25) is 4.79 Å². The largest absolute Gasteiger partial charge is 0.459 e. The Kier molecular flexibility index (Phi) is 4.11. The molecule has 15 heavy (non-hydrogen) atoms. The highest BCUT2D eigenvalue weighted by atomic mass is 16.6. The Hall–Kier alpha value is -0.610. The molecule has 0 spiro atoms. The van der Waals surface area contributed by atoms with Crippen molar-refractivity contribution in [3.05, 3.63) is 0 Å². The van der Waals surface area contributed by atoms with E-state index in [1.807, 2.05) is 20.8 Å². The average Bonchev–Trinajstić information content (AvgIpc) is 2.15. The van der Waals surface area contributed by atoms with E-state index in [0.29, 0.717) is 0 Å². The fraction of sp³-hybridized carbons (Fsp3) is 0.909. The van der Waals surface area contributed by atoms with Gasteiger partial charge < -0.3 is 15.8 Å². The quantitative estimate of drug-likeness (QED) is 0.663. The molecule has 1 rings (SSSR count). The maximum atomic E-state index is 11.7. The summed E-state index contributed by atoms with van der Waals surface area (Å²) < 4.78 is 5.27. The number of carbonyl (C=O) groups is 1. The lowest BCUT2D eigenvalue weighted by atomic mass is 9.91. The summed E-state index contributed by atoms with van der Waals surface area (Å²) in [5.74, 6) is -0.00417. The fourth-order valence-corrected chi connectivity index (χ4v) is 1.77. The van der Waals surface area contributed by atoms with Crippen LogP contribution in [0.1, 0.15) is 33.6 Å². The van der Waals surface area contributed by atoms with Gasteiger partial charge in [-0.2, -0.15) is 0 Å². The summed E-state index contributed by atoms with van der Waals surface area (Å²) in [4.78, 5) is 11.7. The molecule has 4 nitrogen and oxygen atoms in total. The zero-order valence-corrected chi connectivity index (χ0v) is 9.88. The molecule has 4 heteroatoms. The Morgan fingerprint density at radius 2 is 1.93 bits per heavy atom. The van der Waals surface area contributed by atoms with E-state index in [1.165, 1.54) is 0 Å². The minimum absolute atomic E-state index is 0.265. The minimum atomic E-state index is -0.466. The van der Waals surface area contributed by atoms with Gasteiger partial charge in [0.05, 0.1) is 0 Å². The van der Waals surface area contributed by atoms with Gasteiger partial charge in [0.2, 0.25) is 0 Å². The SMILES string of the molecule is CC(C)(C)OC(=O)C(N)C1CCNCC1. The van der Waals surface area contributed by atoms with Gasteiger partial charge in [-0.1, -0.05) is 0 Å². The van der Waals surface area contributed by atoms with Gasteiger partial charge in [-0.25, -0.2) is 0 Å². The number of nitrogens with one attached hydrogen (secondary N) is 1. The molecule has 1 unspecified atom stereocenters. The van der Waals surface area contributed by atoms with Crippen molar-refractivity contribution in [1.82, 2.24) is 5.32 Å². The molecule has 1 saturated heterocycles. The van der Waals surface area contributed by atoms with Crippen LogP contribution in [-0.4, -0.2) is 30.7 Å². The third-order valence-electron chi connectivity index (χ3n) is 2.57. The van der Waals surface area contributed by atoms with Crippen molar-refractivity contribution in [1.29, 1.82) is 0 Å².